The number of nitrogens with zero attached hydrogens (tertiary/aromatic N) is 2. The number of amides is 1. The topological polar surface area (TPSA) is 110 Å². The lowest BCUT2D eigenvalue weighted by Gasteiger charge is -2.12. The van der Waals surface area contributed by atoms with Gasteiger partial charge in [0.25, 0.3) is 15.9 Å². The predicted molar refractivity (Wildman–Crippen MR) is 130 cm³/mol. The Hall–Kier alpha value is -4.24. The van der Waals surface area contributed by atoms with Crippen LogP contribution in [0.15, 0.2) is 90.1 Å². The molecule has 0 unspecified atom stereocenters. The lowest BCUT2D eigenvalue weighted by molar-refractivity contribution is 0.102. The van der Waals surface area contributed by atoms with Gasteiger partial charge in [-0.15, -0.1) is 0 Å². The van der Waals surface area contributed by atoms with E-state index in [0.29, 0.717) is 22.7 Å². The van der Waals surface area contributed by atoms with Gasteiger partial charge in [-0.2, -0.15) is 0 Å². The number of sulfonamides is 1. The first-order chi connectivity index (χ1) is 16.3. The van der Waals surface area contributed by atoms with Gasteiger partial charge in [-0.1, -0.05) is 18.2 Å². The van der Waals surface area contributed by atoms with Crippen LogP contribution in [0.3, 0.4) is 0 Å². The van der Waals surface area contributed by atoms with Crippen molar-refractivity contribution < 1.29 is 17.9 Å². The molecule has 1 amide bonds. The van der Waals surface area contributed by atoms with Crippen molar-refractivity contribution in [3.63, 3.8) is 0 Å². The zero-order chi connectivity index (χ0) is 24.1. The molecule has 4 aromatic rings. The summed E-state index contributed by atoms with van der Waals surface area (Å²) in [6.45, 7) is 3.62. The van der Waals surface area contributed by atoms with Crippen LogP contribution in [-0.2, 0) is 10.0 Å². The van der Waals surface area contributed by atoms with Crippen LogP contribution in [-0.4, -0.2) is 24.3 Å². The SMILES string of the molecule is Cc1cccc(NS(=O)(=O)c2ccc(C)c(C(=O)Nc3ccc(Oc4ncccn4)cc3)c2)c1. The molecule has 4 rings (SSSR count). The quantitative estimate of drug-likeness (QED) is 0.393. The van der Waals surface area contributed by atoms with Gasteiger partial charge in [0.15, 0.2) is 0 Å². The molecule has 172 valence electrons. The van der Waals surface area contributed by atoms with Crippen molar-refractivity contribution >= 4 is 27.3 Å². The number of aromatic nitrogens is 2. The zero-order valence-corrected chi connectivity index (χ0v) is 19.3. The van der Waals surface area contributed by atoms with Crippen LogP contribution in [0.25, 0.3) is 0 Å². The number of carbonyl (C=O) groups is 1. The summed E-state index contributed by atoms with van der Waals surface area (Å²) in [6, 6.07) is 20.1. The molecule has 2 N–H and O–H groups in total. The smallest absolute Gasteiger partial charge is 0.321 e. The molecule has 34 heavy (non-hydrogen) atoms. The number of benzene rings is 3. The third-order valence-electron chi connectivity index (χ3n) is 4.90. The molecule has 0 aliphatic rings. The Balaban J connectivity index is 1.49. The van der Waals surface area contributed by atoms with Crippen molar-refractivity contribution in [3.8, 4) is 11.8 Å². The molecule has 0 saturated carbocycles. The minimum atomic E-state index is -3.87. The molecule has 0 aliphatic carbocycles. The number of rotatable bonds is 7. The Bertz CT molecular complexity index is 1420. The molecule has 9 heteroatoms. The summed E-state index contributed by atoms with van der Waals surface area (Å²) in [7, 11) is -3.87. The van der Waals surface area contributed by atoms with E-state index in [1.54, 1.807) is 73.9 Å². The van der Waals surface area contributed by atoms with Crippen LogP contribution in [0.5, 0.6) is 11.8 Å². The third kappa shape index (κ3) is 5.57. The molecule has 0 aliphatic heterocycles. The normalized spacial score (nSPS) is 11.0. The van der Waals surface area contributed by atoms with Crippen molar-refractivity contribution in [2.24, 2.45) is 0 Å². The molecule has 3 aromatic carbocycles. The summed E-state index contributed by atoms with van der Waals surface area (Å²) in [5.41, 5.74) is 2.81. The van der Waals surface area contributed by atoms with Crippen molar-refractivity contribution in [1.82, 2.24) is 9.97 Å². The van der Waals surface area contributed by atoms with Crippen LogP contribution in [0, 0.1) is 13.8 Å². The van der Waals surface area contributed by atoms with Crippen molar-refractivity contribution in [2.75, 3.05) is 10.0 Å². The largest absolute Gasteiger partial charge is 0.424 e. The second kappa shape index (κ2) is 9.72. The number of carbonyl (C=O) groups excluding carboxylic acids is 1. The van der Waals surface area contributed by atoms with Crippen LogP contribution >= 0.6 is 0 Å². The molecule has 8 nitrogen and oxygen atoms in total. The number of hydrogen-bond donors (Lipinski definition) is 2. The van der Waals surface area contributed by atoms with Gasteiger partial charge in [0.05, 0.1) is 4.90 Å². The fourth-order valence-corrected chi connectivity index (χ4v) is 4.26. The highest BCUT2D eigenvalue weighted by atomic mass is 32.2. The van der Waals surface area contributed by atoms with Gasteiger partial charge in [0.1, 0.15) is 5.75 Å². The number of anilines is 2. The Kier molecular flexibility index (Phi) is 6.55. The predicted octanol–water partition coefficient (Wildman–Crippen LogP) is 4.94. The van der Waals surface area contributed by atoms with Gasteiger partial charge in [-0.3, -0.25) is 9.52 Å². The lowest BCUT2D eigenvalue weighted by Crippen LogP contribution is -2.17. The van der Waals surface area contributed by atoms with Gasteiger partial charge in [-0.25, -0.2) is 18.4 Å². The minimum Gasteiger partial charge on any atom is -0.424 e. The van der Waals surface area contributed by atoms with Crippen molar-refractivity contribution in [1.29, 1.82) is 0 Å². The number of ether oxygens (including phenoxy) is 1. The molecular weight excluding hydrogens is 452 g/mol. The second-order valence-corrected chi connectivity index (χ2v) is 9.25. The average molecular weight is 475 g/mol. The van der Waals surface area contributed by atoms with E-state index in [-0.39, 0.29) is 16.5 Å². The fourth-order valence-electron chi connectivity index (χ4n) is 3.18. The zero-order valence-electron chi connectivity index (χ0n) is 18.5. The number of hydrogen-bond acceptors (Lipinski definition) is 6. The van der Waals surface area contributed by atoms with E-state index in [2.05, 4.69) is 20.0 Å². The third-order valence-corrected chi connectivity index (χ3v) is 6.28. The molecule has 0 bridgehead atoms. The Labute approximate surface area is 197 Å². The van der Waals surface area contributed by atoms with Gasteiger partial charge < -0.3 is 10.1 Å². The highest BCUT2D eigenvalue weighted by molar-refractivity contribution is 7.92. The summed E-state index contributed by atoms with van der Waals surface area (Å²) in [6.07, 6.45) is 3.15. The van der Waals surface area contributed by atoms with Crippen LogP contribution < -0.4 is 14.8 Å². The highest BCUT2D eigenvalue weighted by Crippen LogP contribution is 2.23. The van der Waals surface area contributed by atoms with Crippen LogP contribution in [0.2, 0.25) is 0 Å². The van der Waals surface area contributed by atoms with Gasteiger partial charge in [0.2, 0.25) is 0 Å². The summed E-state index contributed by atoms with van der Waals surface area (Å²) < 4.78 is 33.9. The fraction of sp³-hybridized carbons (Fsp3) is 0.0800. The lowest BCUT2D eigenvalue weighted by atomic mass is 10.1. The van der Waals surface area contributed by atoms with Gasteiger partial charge >= 0.3 is 6.01 Å². The van der Waals surface area contributed by atoms with E-state index < -0.39 is 15.9 Å². The molecule has 0 atom stereocenters. The van der Waals surface area contributed by atoms with E-state index in [9.17, 15) is 13.2 Å². The summed E-state index contributed by atoms with van der Waals surface area (Å²) >= 11 is 0. The first-order valence-electron chi connectivity index (χ1n) is 10.4. The van der Waals surface area contributed by atoms with E-state index >= 15 is 0 Å². The van der Waals surface area contributed by atoms with Gasteiger partial charge in [0, 0.05) is 29.3 Å². The highest BCUT2D eigenvalue weighted by Gasteiger charge is 2.18. The van der Waals surface area contributed by atoms with Crippen molar-refractivity contribution in [3.05, 3.63) is 102 Å². The Morgan fingerprint density at radius 2 is 1.59 bits per heavy atom. The Morgan fingerprint density at radius 3 is 2.29 bits per heavy atom. The number of aryl methyl sites for hydroxylation is 2. The molecule has 0 fully saturated rings. The van der Waals surface area contributed by atoms with Crippen LogP contribution in [0.1, 0.15) is 21.5 Å². The molecule has 0 spiro atoms. The summed E-state index contributed by atoms with van der Waals surface area (Å²) in [5.74, 6) is 0.0841. The Morgan fingerprint density at radius 1 is 0.853 bits per heavy atom. The van der Waals surface area contributed by atoms with Gasteiger partial charge in [-0.05, 0) is 79.6 Å². The maximum Gasteiger partial charge on any atom is 0.321 e. The molecular formula is C25H22N4O4S. The molecule has 1 aromatic heterocycles. The van der Waals surface area contributed by atoms with E-state index in [0.717, 1.165) is 5.56 Å². The standard InChI is InChI=1S/C25H22N4O4S/c1-17-5-3-6-20(15-17)29-34(31,32)22-12-7-18(2)23(16-22)24(30)28-19-8-10-21(11-9-19)33-25-26-13-4-14-27-25/h3-16,29H,1-2H3,(H,28,30). The molecule has 0 radical (unpaired) electrons. The average Bonchev–Trinajstić information content (AvgIpc) is 2.81. The first kappa shape index (κ1) is 22.9. The monoisotopic (exact) mass is 474 g/mol. The van der Waals surface area contributed by atoms with E-state index in [1.807, 2.05) is 13.0 Å². The molecule has 1 heterocycles. The van der Waals surface area contributed by atoms with Crippen LogP contribution in [0.4, 0.5) is 11.4 Å². The maximum absolute atomic E-state index is 12.9. The molecule has 0 saturated heterocycles. The van der Waals surface area contributed by atoms with E-state index in [4.69, 9.17) is 4.74 Å². The minimum absolute atomic E-state index is 0.00337. The second-order valence-electron chi connectivity index (χ2n) is 7.56. The first-order valence-corrected chi connectivity index (χ1v) is 11.8. The van der Waals surface area contributed by atoms with E-state index in [1.165, 1.54) is 12.1 Å². The number of nitrogens with one attached hydrogen (secondary N) is 2. The van der Waals surface area contributed by atoms with Crippen molar-refractivity contribution in [2.45, 2.75) is 18.7 Å². The summed E-state index contributed by atoms with van der Waals surface area (Å²) in [4.78, 5) is 20.9. The maximum atomic E-state index is 12.9. The summed E-state index contributed by atoms with van der Waals surface area (Å²) in [5, 5.41) is 2.78.